The molecule has 2 aliphatic rings. The van der Waals surface area contributed by atoms with Crippen LogP contribution in [0, 0.1) is 13.8 Å². The standard InChI is InChI=1S/C19H25N5O/c1-13-5-6-15(14(2)21-13)16-7-8-20-19(22-16)24-11-17(18(25)12-24)23-9-3-4-10-23/h5-8,17-18,25H,3-4,9-12H2,1-2H3/t17-,18-/m0/s1. The molecule has 0 unspecified atom stereocenters. The normalized spacial score (nSPS) is 24.2. The molecule has 132 valence electrons. The zero-order valence-electron chi connectivity index (χ0n) is 14.9. The van der Waals surface area contributed by atoms with Gasteiger partial charge in [-0.1, -0.05) is 0 Å². The van der Waals surface area contributed by atoms with Gasteiger partial charge in [0.1, 0.15) is 0 Å². The molecule has 2 atom stereocenters. The number of aliphatic hydroxyl groups excluding tert-OH is 1. The highest BCUT2D eigenvalue weighted by Crippen LogP contribution is 2.26. The first-order valence-electron chi connectivity index (χ1n) is 9.06. The van der Waals surface area contributed by atoms with Crippen molar-refractivity contribution in [2.24, 2.45) is 0 Å². The Morgan fingerprint density at radius 3 is 2.60 bits per heavy atom. The topological polar surface area (TPSA) is 65.4 Å². The number of aromatic nitrogens is 3. The van der Waals surface area contributed by atoms with Gasteiger partial charge in [0.2, 0.25) is 5.95 Å². The highest BCUT2D eigenvalue weighted by atomic mass is 16.3. The SMILES string of the molecule is Cc1ccc(-c2ccnc(N3C[C@H](O)[C@@H](N4CCCC4)C3)n2)c(C)n1. The van der Waals surface area contributed by atoms with Crippen LogP contribution in [0.1, 0.15) is 24.2 Å². The van der Waals surface area contributed by atoms with Gasteiger partial charge < -0.3 is 10.0 Å². The Morgan fingerprint density at radius 2 is 1.84 bits per heavy atom. The Morgan fingerprint density at radius 1 is 1.04 bits per heavy atom. The molecule has 0 bridgehead atoms. The first-order valence-corrected chi connectivity index (χ1v) is 9.06. The number of pyridine rings is 1. The van der Waals surface area contributed by atoms with E-state index in [2.05, 4.69) is 25.8 Å². The third-order valence-electron chi connectivity index (χ3n) is 5.30. The van der Waals surface area contributed by atoms with Gasteiger partial charge in [0, 0.05) is 36.2 Å². The molecule has 0 amide bonds. The average molecular weight is 339 g/mol. The Labute approximate surface area is 148 Å². The average Bonchev–Trinajstić information content (AvgIpc) is 3.24. The minimum atomic E-state index is -0.340. The van der Waals surface area contributed by atoms with Gasteiger partial charge in [-0.15, -0.1) is 0 Å². The van der Waals surface area contributed by atoms with Gasteiger partial charge in [-0.05, 0) is 58.0 Å². The number of likely N-dealkylation sites (tertiary alicyclic amines) is 1. The summed E-state index contributed by atoms with van der Waals surface area (Å²) in [5.41, 5.74) is 3.90. The fraction of sp³-hybridized carbons (Fsp3) is 0.526. The third-order valence-corrected chi connectivity index (χ3v) is 5.30. The number of aliphatic hydroxyl groups is 1. The van der Waals surface area contributed by atoms with E-state index in [0.717, 1.165) is 42.3 Å². The summed E-state index contributed by atoms with van der Waals surface area (Å²) in [6.45, 7) is 7.56. The van der Waals surface area contributed by atoms with Gasteiger partial charge in [-0.3, -0.25) is 9.88 Å². The number of rotatable bonds is 3. The van der Waals surface area contributed by atoms with Crippen LogP contribution < -0.4 is 4.90 Å². The van der Waals surface area contributed by atoms with E-state index in [1.807, 2.05) is 26.0 Å². The second kappa shape index (κ2) is 6.69. The number of nitrogens with zero attached hydrogens (tertiary/aromatic N) is 5. The first-order chi connectivity index (χ1) is 12.1. The minimum Gasteiger partial charge on any atom is -0.390 e. The molecular weight excluding hydrogens is 314 g/mol. The Kier molecular flexibility index (Phi) is 4.39. The van der Waals surface area contributed by atoms with Crippen molar-refractivity contribution in [1.82, 2.24) is 19.9 Å². The van der Waals surface area contributed by atoms with Gasteiger partial charge >= 0.3 is 0 Å². The maximum absolute atomic E-state index is 10.5. The molecule has 2 aliphatic heterocycles. The second-order valence-electron chi connectivity index (χ2n) is 7.11. The molecule has 4 heterocycles. The largest absolute Gasteiger partial charge is 0.390 e. The van der Waals surface area contributed by atoms with Crippen molar-refractivity contribution in [2.75, 3.05) is 31.1 Å². The molecule has 0 radical (unpaired) electrons. The molecule has 2 aromatic rings. The van der Waals surface area contributed by atoms with Crippen LogP contribution in [0.5, 0.6) is 0 Å². The van der Waals surface area contributed by atoms with Crippen LogP contribution in [0.2, 0.25) is 0 Å². The lowest BCUT2D eigenvalue weighted by Crippen LogP contribution is -2.41. The lowest BCUT2D eigenvalue weighted by Gasteiger charge is -2.25. The van der Waals surface area contributed by atoms with E-state index in [0.29, 0.717) is 12.5 Å². The molecule has 4 rings (SSSR count). The zero-order chi connectivity index (χ0) is 17.4. The van der Waals surface area contributed by atoms with E-state index in [9.17, 15) is 5.11 Å². The van der Waals surface area contributed by atoms with Crippen molar-refractivity contribution in [1.29, 1.82) is 0 Å². The quantitative estimate of drug-likeness (QED) is 0.920. The van der Waals surface area contributed by atoms with Gasteiger partial charge in [-0.25, -0.2) is 9.97 Å². The molecule has 0 aromatic carbocycles. The van der Waals surface area contributed by atoms with E-state index >= 15 is 0 Å². The number of β-amino-alcohol motifs (C(OH)–C–C–N with tert-alkyl or cyclic N) is 1. The summed E-state index contributed by atoms with van der Waals surface area (Å²) in [4.78, 5) is 18.3. The fourth-order valence-corrected chi connectivity index (χ4v) is 3.97. The van der Waals surface area contributed by atoms with Crippen LogP contribution in [-0.4, -0.2) is 63.3 Å². The summed E-state index contributed by atoms with van der Waals surface area (Å²) >= 11 is 0. The van der Waals surface area contributed by atoms with Crippen LogP contribution in [0.15, 0.2) is 24.4 Å². The Hall–Kier alpha value is -2.05. The summed E-state index contributed by atoms with van der Waals surface area (Å²) in [6, 6.07) is 6.19. The fourth-order valence-electron chi connectivity index (χ4n) is 3.97. The third kappa shape index (κ3) is 3.24. The van der Waals surface area contributed by atoms with E-state index < -0.39 is 0 Å². The lowest BCUT2D eigenvalue weighted by atomic mass is 10.1. The highest BCUT2D eigenvalue weighted by Gasteiger charge is 2.37. The molecule has 2 aromatic heterocycles. The molecular formula is C19H25N5O. The highest BCUT2D eigenvalue weighted by molar-refractivity contribution is 5.62. The van der Waals surface area contributed by atoms with Crippen LogP contribution in [0.25, 0.3) is 11.3 Å². The molecule has 0 saturated carbocycles. The number of anilines is 1. The van der Waals surface area contributed by atoms with E-state index in [-0.39, 0.29) is 12.1 Å². The van der Waals surface area contributed by atoms with Crippen molar-refractivity contribution in [3.63, 3.8) is 0 Å². The van der Waals surface area contributed by atoms with Crippen molar-refractivity contribution in [2.45, 2.75) is 38.8 Å². The van der Waals surface area contributed by atoms with Gasteiger partial charge in [0.05, 0.1) is 17.8 Å². The molecule has 6 nitrogen and oxygen atoms in total. The second-order valence-corrected chi connectivity index (χ2v) is 7.11. The van der Waals surface area contributed by atoms with E-state index in [4.69, 9.17) is 4.98 Å². The van der Waals surface area contributed by atoms with Crippen molar-refractivity contribution in [3.8, 4) is 11.3 Å². The monoisotopic (exact) mass is 339 g/mol. The zero-order valence-corrected chi connectivity index (χ0v) is 14.9. The smallest absolute Gasteiger partial charge is 0.226 e. The predicted molar refractivity (Wildman–Crippen MR) is 97.6 cm³/mol. The summed E-state index contributed by atoms with van der Waals surface area (Å²) in [5, 5.41) is 10.5. The van der Waals surface area contributed by atoms with Crippen LogP contribution in [-0.2, 0) is 0 Å². The minimum absolute atomic E-state index is 0.192. The maximum Gasteiger partial charge on any atom is 0.226 e. The van der Waals surface area contributed by atoms with Crippen molar-refractivity contribution in [3.05, 3.63) is 35.8 Å². The predicted octanol–water partition coefficient (Wildman–Crippen LogP) is 1.80. The molecule has 25 heavy (non-hydrogen) atoms. The Balaban J connectivity index is 1.57. The lowest BCUT2D eigenvalue weighted by molar-refractivity contribution is 0.0986. The number of hydrogen-bond acceptors (Lipinski definition) is 6. The Bertz CT molecular complexity index is 759. The molecule has 0 aliphatic carbocycles. The van der Waals surface area contributed by atoms with Crippen LogP contribution in [0.4, 0.5) is 5.95 Å². The maximum atomic E-state index is 10.5. The molecule has 2 fully saturated rings. The van der Waals surface area contributed by atoms with E-state index in [1.54, 1.807) is 6.20 Å². The summed E-state index contributed by atoms with van der Waals surface area (Å²) in [5.74, 6) is 0.693. The molecule has 0 spiro atoms. The van der Waals surface area contributed by atoms with E-state index in [1.165, 1.54) is 12.8 Å². The van der Waals surface area contributed by atoms with Crippen molar-refractivity contribution < 1.29 is 5.11 Å². The van der Waals surface area contributed by atoms with Gasteiger partial charge in [0.25, 0.3) is 0 Å². The summed E-state index contributed by atoms with van der Waals surface area (Å²) in [6.07, 6.45) is 3.92. The first kappa shape index (κ1) is 16.4. The van der Waals surface area contributed by atoms with Crippen molar-refractivity contribution >= 4 is 5.95 Å². The summed E-state index contributed by atoms with van der Waals surface area (Å²) < 4.78 is 0. The summed E-state index contributed by atoms with van der Waals surface area (Å²) in [7, 11) is 0. The number of hydrogen-bond donors (Lipinski definition) is 1. The molecule has 6 heteroatoms. The van der Waals surface area contributed by atoms with Crippen LogP contribution in [0.3, 0.4) is 0 Å². The molecule has 2 saturated heterocycles. The van der Waals surface area contributed by atoms with Gasteiger partial charge in [-0.2, -0.15) is 0 Å². The van der Waals surface area contributed by atoms with Gasteiger partial charge in [0.15, 0.2) is 0 Å². The van der Waals surface area contributed by atoms with Crippen LogP contribution >= 0.6 is 0 Å². The molecule has 1 N–H and O–H groups in total. The number of aryl methyl sites for hydroxylation is 2.